The van der Waals surface area contributed by atoms with E-state index in [0.717, 1.165) is 7.05 Å². The number of halogens is 3. The van der Waals surface area contributed by atoms with Gasteiger partial charge in [0.25, 0.3) is 5.91 Å². The Hall–Kier alpha value is -2.32. The lowest BCUT2D eigenvalue weighted by Crippen LogP contribution is -2.20. The first-order valence-corrected chi connectivity index (χ1v) is 4.49. The Morgan fingerprint density at radius 1 is 1.44 bits per heavy atom. The molecule has 1 amide bonds. The Labute approximate surface area is 98.2 Å². The van der Waals surface area contributed by atoms with E-state index in [9.17, 15) is 33.2 Å². The van der Waals surface area contributed by atoms with Gasteiger partial charge in [-0.2, -0.15) is 13.2 Å². The first-order chi connectivity index (χ1) is 8.20. The van der Waals surface area contributed by atoms with Crippen LogP contribution in [0.1, 0.15) is 15.9 Å². The molecule has 2 N–H and O–H groups in total. The Kier molecular flexibility index (Phi) is 3.44. The van der Waals surface area contributed by atoms with E-state index in [-0.39, 0.29) is 0 Å². The number of carbonyl (C=O) groups excluding carboxylic acids is 1. The molecule has 0 aliphatic heterocycles. The Balaban J connectivity index is 3.58. The zero-order valence-corrected chi connectivity index (χ0v) is 8.91. The average molecular weight is 264 g/mol. The van der Waals surface area contributed by atoms with Crippen molar-refractivity contribution in [1.82, 2.24) is 5.32 Å². The van der Waals surface area contributed by atoms with E-state index < -0.39 is 39.6 Å². The number of phenols is 1. The summed E-state index contributed by atoms with van der Waals surface area (Å²) >= 11 is 0. The number of phenolic OH excluding ortho intramolecular Hbond substituents is 1. The Bertz CT molecular complexity index is 513. The lowest BCUT2D eigenvalue weighted by molar-refractivity contribution is -0.386. The molecule has 0 atom stereocenters. The monoisotopic (exact) mass is 264 g/mol. The fourth-order valence-corrected chi connectivity index (χ4v) is 1.31. The first-order valence-electron chi connectivity index (χ1n) is 4.49. The SMILES string of the molecule is CNC(=O)c1ccc(C(F)(F)F)c(O)c1[N+](=O)[O-]. The molecule has 0 bridgehead atoms. The fraction of sp³-hybridized carbons (Fsp3) is 0.222. The van der Waals surface area contributed by atoms with Gasteiger partial charge in [-0.1, -0.05) is 0 Å². The first kappa shape index (κ1) is 13.7. The van der Waals surface area contributed by atoms with Gasteiger partial charge < -0.3 is 10.4 Å². The number of nitro groups is 1. The number of rotatable bonds is 2. The number of nitro benzene ring substituents is 1. The number of hydrogen-bond acceptors (Lipinski definition) is 4. The third-order valence-electron chi connectivity index (χ3n) is 2.11. The molecule has 0 spiro atoms. The summed E-state index contributed by atoms with van der Waals surface area (Å²) in [6, 6.07) is 1.05. The highest BCUT2D eigenvalue weighted by Crippen LogP contribution is 2.42. The maximum atomic E-state index is 12.4. The second-order valence-electron chi connectivity index (χ2n) is 3.19. The van der Waals surface area contributed by atoms with Gasteiger partial charge in [-0.25, -0.2) is 0 Å². The highest BCUT2D eigenvalue weighted by molar-refractivity contribution is 5.99. The van der Waals surface area contributed by atoms with Crippen molar-refractivity contribution in [3.63, 3.8) is 0 Å². The van der Waals surface area contributed by atoms with Crippen molar-refractivity contribution < 1.29 is 28.0 Å². The zero-order valence-electron chi connectivity index (χ0n) is 8.91. The van der Waals surface area contributed by atoms with Gasteiger partial charge in [0.1, 0.15) is 11.1 Å². The van der Waals surface area contributed by atoms with Crippen LogP contribution in [0.15, 0.2) is 12.1 Å². The summed E-state index contributed by atoms with van der Waals surface area (Å²) in [4.78, 5) is 20.6. The summed E-state index contributed by atoms with van der Waals surface area (Å²) in [5, 5.41) is 21.9. The summed E-state index contributed by atoms with van der Waals surface area (Å²) < 4.78 is 37.3. The molecule has 1 rings (SSSR count). The van der Waals surface area contributed by atoms with Crippen LogP contribution in [0.25, 0.3) is 0 Å². The smallest absolute Gasteiger partial charge is 0.420 e. The van der Waals surface area contributed by atoms with Crippen LogP contribution in [0.4, 0.5) is 18.9 Å². The molecule has 6 nitrogen and oxygen atoms in total. The summed E-state index contributed by atoms with van der Waals surface area (Å²) in [5.41, 5.74) is -3.49. The minimum Gasteiger partial charge on any atom is -0.502 e. The van der Waals surface area contributed by atoms with Crippen LogP contribution >= 0.6 is 0 Å². The van der Waals surface area contributed by atoms with Gasteiger partial charge >= 0.3 is 11.9 Å². The van der Waals surface area contributed by atoms with Gasteiger partial charge in [0.15, 0.2) is 0 Å². The topological polar surface area (TPSA) is 92.5 Å². The molecule has 0 fully saturated rings. The minimum absolute atomic E-state index is 0.410. The predicted molar refractivity (Wildman–Crippen MR) is 53.2 cm³/mol. The van der Waals surface area contributed by atoms with E-state index in [1.807, 2.05) is 5.32 Å². The molecule has 0 saturated heterocycles. The number of nitrogens with one attached hydrogen (secondary N) is 1. The van der Waals surface area contributed by atoms with Crippen molar-refractivity contribution in [3.05, 3.63) is 33.4 Å². The number of hydrogen-bond donors (Lipinski definition) is 2. The molecule has 0 saturated carbocycles. The normalized spacial score (nSPS) is 11.1. The molecule has 1 aromatic carbocycles. The lowest BCUT2D eigenvalue weighted by Gasteiger charge is -2.10. The van der Waals surface area contributed by atoms with Gasteiger partial charge in [0.05, 0.1) is 4.92 Å². The minimum atomic E-state index is -4.95. The Morgan fingerprint density at radius 3 is 2.39 bits per heavy atom. The zero-order chi connectivity index (χ0) is 14.1. The highest BCUT2D eigenvalue weighted by atomic mass is 19.4. The fourth-order valence-electron chi connectivity index (χ4n) is 1.31. The van der Waals surface area contributed by atoms with Gasteiger partial charge in [-0.3, -0.25) is 14.9 Å². The van der Waals surface area contributed by atoms with Crippen LogP contribution < -0.4 is 5.32 Å². The van der Waals surface area contributed by atoms with Gasteiger partial charge in [-0.15, -0.1) is 0 Å². The van der Waals surface area contributed by atoms with Crippen molar-refractivity contribution in [2.45, 2.75) is 6.18 Å². The third-order valence-corrected chi connectivity index (χ3v) is 2.11. The molecule has 0 radical (unpaired) electrons. The van der Waals surface area contributed by atoms with Crippen LogP contribution in [0.2, 0.25) is 0 Å². The van der Waals surface area contributed by atoms with E-state index in [1.165, 1.54) is 0 Å². The van der Waals surface area contributed by atoms with Crippen molar-refractivity contribution in [2.75, 3.05) is 7.05 Å². The molecule has 0 heterocycles. The van der Waals surface area contributed by atoms with Crippen molar-refractivity contribution in [2.24, 2.45) is 0 Å². The number of nitrogens with zero attached hydrogens (tertiary/aromatic N) is 1. The second-order valence-corrected chi connectivity index (χ2v) is 3.19. The molecule has 1 aromatic rings. The number of carbonyl (C=O) groups is 1. The van der Waals surface area contributed by atoms with Crippen molar-refractivity contribution in [1.29, 1.82) is 0 Å². The van der Waals surface area contributed by atoms with Crippen LogP contribution in [0.3, 0.4) is 0 Å². The molecular formula is C9H7F3N2O4. The summed E-state index contributed by atoms with van der Waals surface area (Å²) in [5.74, 6) is -2.54. The van der Waals surface area contributed by atoms with E-state index in [2.05, 4.69) is 0 Å². The van der Waals surface area contributed by atoms with Crippen molar-refractivity contribution in [3.8, 4) is 5.75 Å². The van der Waals surface area contributed by atoms with Gasteiger partial charge in [0.2, 0.25) is 5.75 Å². The molecule has 9 heteroatoms. The quantitative estimate of drug-likeness (QED) is 0.627. The molecule has 0 unspecified atom stereocenters. The number of alkyl halides is 3. The molecular weight excluding hydrogens is 257 g/mol. The van der Waals surface area contributed by atoms with Gasteiger partial charge in [-0.05, 0) is 12.1 Å². The number of amides is 1. The highest BCUT2D eigenvalue weighted by Gasteiger charge is 2.39. The summed E-state index contributed by atoms with van der Waals surface area (Å²) in [6.07, 6.45) is -4.95. The lowest BCUT2D eigenvalue weighted by atomic mass is 10.1. The standard InChI is InChI=1S/C9H7F3N2O4/c1-13-8(16)4-2-3-5(9(10,11)12)7(15)6(4)14(17)18/h2-3,15H,1H3,(H,13,16). The average Bonchev–Trinajstić information content (AvgIpc) is 2.25. The molecule has 0 aliphatic rings. The second kappa shape index (κ2) is 4.51. The number of aromatic hydroxyl groups is 1. The molecule has 0 aliphatic carbocycles. The summed E-state index contributed by atoms with van der Waals surface area (Å²) in [6.45, 7) is 0. The van der Waals surface area contributed by atoms with Crippen molar-refractivity contribution >= 4 is 11.6 Å². The maximum Gasteiger partial charge on any atom is 0.420 e. The predicted octanol–water partition coefficient (Wildman–Crippen LogP) is 1.68. The van der Waals surface area contributed by atoms with E-state index in [0.29, 0.717) is 12.1 Å². The van der Waals surface area contributed by atoms with E-state index in [4.69, 9.17) is 0 Å². The molecule has 98 valence electrons. The summed E-state index contributed by atoms with van der Waals surface area (Å²) in [7, 11) is 1.15. The Morgan fingerprint density at radius 2 is 2.00 bits per heavy atom. The van der Waals surface area contributed by atoms with Crippen LogP contribution in [-0.2, 0) is 6.18 Å². The molecule has 0 aromatic heterocycles. The maximum absolute atomic E-state index is 12.4. The van der Waals surface area contributed by atoms with E-state index >= 15 is 0 Å². The van der Waals surface area contributed by atoms with Crippen LogP contribution in [0, 0.1) is 10.1 Å². The van der Waals surface area contributed by atoms with Crippen LogP contribution in [0.5, 0.6) is 5.75 Å². The van der Waals surface area contributed by atoms with Gasteiger partial charge in [0, 0.05) is 7.05 Å². The number of benzene rings is 1. The largest absolute Gasteiger partial charge is 0.502 e. The van der Waals surface area contributed by atoms with E-state index in [1.54, 1.807) is 0 Å². The van der Waals surface area contributed by atoms with Crippen LogP contribution in [-0.4, -0.2) is 23.0 Å². The third kappa shape index (κ3) is 2.34. The molecule has 18 heavy (non-hydrogen) atoms.